The fraction of sp³-hybridized carbons (Fsp3) is 0.500. The Morgan fingerprint density at radius 1 is 1.42 bits per heavy atom. The van der Waals surface area contributed by atoms with Gasteiger partial charge in [-0.1, -0.05) is 25.5 Å². The molecule has 0 unspecified atom stereocenters. The number of hydrogen-bond acceptors (Lipinski definition) is 5. The van der Waals surface area contributed by atoms with Gasteiger partial charge in [0.15, 0.2) is 0 Å². The predicted octanol–water partition coefficient (Wildman–Crippen LogP) is 1.94. The number of hydrogen-bond donors (Lipinski definition) is 2. The van der Waals surface area contributed by atoms with Crippen LogP contribution < -0.4 is 9.38 Å². The van der Waals surface area contributed by atoms with E-state index in [1.807, 2.05) is 6.92 Å². The summed E-state index contributed by atoms with van der Waals surface area (Å²) in [5.41, 5.74) is 4.14. The predicted molar refractivity (Wildman–Crippen MR) is 102 cm³/mol. The van der Waals surface area contributed by atoms with Crippen LogP contribution >= 0.6 is 0 Å². The molecule has 1 fully saturated rings. The maximum atomic E-state index is 12.1. The Labute approximate surface area is 154 Å². The van der Waals surface area contributed by atoms with Crippen LogP contribution in [-0.4, -0.2) is 37.3 Å². The Balaban J connectivity index is 1.50. The lowest BCUT2D eigenvalue weighted by Crippen LogP contribution is -2.45. The molecule has 1 aliphatic heterocycles. The fourth-order valence-corrected chi connectivity index (χ4v) is 5.41. The van der Waals surface area contributed by atoms with Crippen LogP contribution in [0.5, 0.6) is 5.75 Å². The van der Waals surface area contributed by atoms with E-state index in [1.165, 1.54) is 0 Å². The van der Waals surface area contributed by atoms with Crippen molar-refractivity contribution in [3.05, 3.63) is 35.1 Å². The molecule has 2 aliphatic carbocycles. The van der Waals surface area contributed by atoms with E-state index >= 15 is 0 Å². The summed E-state index contributed by atoms with van der Waals surface area (Å²) in [5, 5.41) is 10.0. The van der Waals surface area contributed by atoms with Crippen molar-refractivity contribution in [3.63, 3.8) is 0 Å². The number of pyridine rings is 1. The van der Waals surface area contributed by atoms with Crippen molar-refractivity contribution in [1.29, 1.82) is 0 Å². The van der Waals surface area contributed by atoms with E-state index in [1.54, 1.807) is 12.2 Å². The van der Waals surface area contributed by atoms with Gasteiger partial charge in [-0.3, -0.25) is 4.98 Å². The quantitative estimate of drug-likeness (QED) is 0.743. The third kappa shape index (κ3) is 3.33. The van der Waals surface area contributed by atoms with Gasteiger partial charge >= 0.3 is 7.12 Å². The molecule has 0 aromatic carbocycles. The first kappa shape index (κ1) is 17.8. The molecule has 26 heavy (non-hydrogen) atoms. The minimum atomic E-state index is -3.20. The Bertz CT molecular complexity index is 875. The summed E-state index contributed by atoms with van der Waals surface area (Å²) in [6, 6.07) is -0.0309. The molecule has 2 heterocycles. The molecule has 1 aromatic heterocycles. The van der Waals surface area contributed by atoms with E-state index in [4.69, 9.17) is 4.65 Å². The van der Waals surface area contributed by atoms with Crippen LogP contribution in [0.3, 0.4) is 0 Å². The van der Waals surface area contributed by atoms with Crippen molar-refractivity contribution in [1.82, 2.24) is 9.71 Å². The third-order valence-electron chi connectivity index (χ3n) is 5.31. The van der Waals surface area contributed by atoms with Crippen molar-refractivity contribution in [2.45, 2.75) is 45.1 Å². The molecule has 0 radical (unpaired) electrons. The molecule has 0 amide bonds. The minimum absolute atomic E-state index is 0.0309. The van der Waals surface area contributed by atoms with Crippen LogP contribution in [0.2, 0.25) is 0 Å². The largest absolute Gasteiger partial charge is 0.552 e. The Kier molecular flexibility index (Phi) is 4.67. The molecule has 0 saturated heterocycles. The first-order valence-corrected chi connectivity index (χ1v) is 10.9. The number of allylic oxidation sites excluding steroid dienone is 2. The highest BCUT2D eigenvalue weighted by Crippen LogP contribution is 2.46. The number of rotatable bonds is 6. The van der Waals surface area contributed by atoms with Gasteiger partial charge in [0.25, 0.3) is 0 Å². The maximum absolute atomic E-state index is 12.1. The van der Waals surface area contributed by atoms with E-state index in [0.717, 1.165) is 48.1 Å². The van der Waals surface area contributed by atoms with Gasteiger partial charge in [0, 0.05) is 23.6 Å². The van der Waals surface area contributed by atoms with E-state index in [9.17, 15) is 13.4 Å². The normalized spacial score (nSPS) is 23.8. The van der Waals surface area contributed by atoms with Crippen LogP contribution in [0.1, 0.15) is 49.4 Å². The molecular formula is C18H23BN2O4S. The number of fused-ring (bicyclic) bond motifs is 3. The second-order valence-corrected chi connectivity index (χ2v) is 9.12. The number of nitrogens with one attached hydrogen (secondary N) is 1. The lowest BCUT2D eigenvalue weighted by molar-refractivity contribution is 0.308. The molecule has 2 N–H and O–H groups in total. The molecule has 0 spiro atoms. The fourth-order valence-electron chi connectivity index (χ4n) is 3.92. The monoisotopic (exact) mass is 374 g/mol. The number of aromatic nitrogens is 1. The first-order valence-electron chi connectivity index (χ1n) is 9.22. The van der Waals surface area contributed by atoms with Gasteiger partial charge in [0.1, 0.15) is 5.75 Å². The molecule has 3 aliphatic rings. The van der Waals surface area contributed by atoms with Gasteiger partial charge in [-0.2, -0.15) is 0 Å². The number of nitrogens with zero attached hydrogens (tertiary/aromatic N) is 1. The van der Waals surface area contributed by atoms with Crippen molar-refractivity contribution < 1.29 is 18.1 Å². The van der Waals surface area contributed by atoms with E-state index in [2.05, 4.69) is 21.9 Å². The molecule has 1 aromatic rings. The maximum Gasteiger partial charge on any atom is 0.552 e. The van der Waals surface area contributed by atoms with Gasteiger partial charge < -0.3 is 9.68 Å². The van der Waals surface area contributed by atoms with Gasteiger partial charge in [-0.05, 0) is 36.7 Å². The topological polar surface area (TPSA) is 88.5 Å². The SMILES string of the molecule is CCCCS(=O)(=O)NC1CC(C2=CB(O)Oc3cnc4c(c32)C=CC4)C1. The summed E-state index contributed by atoms with van der Waals surface area (Å²) in [6.07, 6.45) is 9.64. The minimum Gasteiger partial charge on any atom is -0.531 e. The molecule has 4 rings (SSSR count). The molecule has 138 valence electrons. The molecular weight excluding hydrogens is 351 g/mol. The van der Waals surface area contributed by atoms with Gasteiger partial charge in [-0.15, -0.1) is 0 Å². The molecule has 6 nitrogen and oxygen atoms in total. The van der Waals surface area contributed by atoms with E-state index in [0.29, 0.717) is 12.2 Å². The van der Waals surface area contributed by atoms with Crippen LogP contribution in [0, 0.1) is 5.92 Å². The Morgan fingerprint density at radius 2 is 2.23 bits per heavy atom. The summed E-state index contributed by atoms with van der Waals surface area (Å²) in [5.74, 6) is 2.76. The van der Waals surface area contributed by atoms with Crippen LogP contribution in [-0.2, 0) is 16.4 Å². The van der Waals surface area contributed by atoms with Crippen molar-refractivity contribution in [3.8, 4) is 5.75 Å². The highest BCUT2D eigenvalue weighted by Gasteiger charge is 2.39. The van der Waals surface area contributed by atoms with Crippen molar-refractivity contribution in [2.24, 2.45) is 5.92 Å². The highest BCUT2D eigenvalue weighted by molar-refractivity contribution is 7.89. The van der Waals surface area contributed by atoms with Gasteiger partial charge in [0.2, 0.25) is 10.0 Å². The average molecular weight is 374 g/mol. The lowest BCUT2D eigenvalue weighted by atomic mass is 9.68. The Hall–Kier alpha value is -1.64. The summed E-state index contributed by atoms with van der Waals surface area (Å²) in [6.45, 7) is 1.98. The second kappa shape index (κ2) is 6.83. The van der Waals surface area contributed by atoms with E-state index in [-0.39, 0.29) is 17.7 Å². The second-order valence-electron chi connectivity index (χ2n) is 7.25. The van der Waals surface area contributed by atoms with Gasteiger partial charge in [0.05, 0.1) is 17.6 Å². The molecule has 0 bridgehead atoms. The number of unbranched alkanes of at least 4 members (excludes halogenated alkanes) is 1. The third-order valence-corrected chi connectivity index (χ3v) is 6.83. The van der Waals surface area contributed by atoms with Crippen LogP contribution in [0.25, 0.3) is 11.6 Å². The van der Waals surface area contributed by atoms with Crippen molar-refractivity contribution >= 4 is 28.8 Å². The summed E-state index contributed by atoms with van der Waals surface area (Å²) in [4.78, 5) is 4.42. The van der Waals surface area contributed by atoms with Crippen LogP contribution in [0.15, 0.2) is 18.2 Å². The smallest absolute Gasteiger partial charge is 0.531 e. The van der Waals surface area contributed by atoms with Crippen molar-refractivity contribution in [2.75, 3.05) is 5.75 Å². The van der Waals surface area contributed by atoms with Gasteiger partial charge in [-0.25, -0.2) is 13.1 Å². The summed E-state index contributed by atoms with van der Waals surface area (Å²) < 4.78 is 32.5. The molecule has 0 atom stereocenters. The first-order chi connectivity index (χ1) is 12.5. The average Bonchev–Trinajstić information content (AvgIpc) is 3.03. The lowest BCUT2D eigenvalue weighted by Gasteiger charge is -2.39. The zero-order chi connectivity index (χ0) is 18.3. The summed E-state index contributed by atoms with van der Waals surface area (Å²) in [7, 11) is -4.19. The van der Waals surface area contributed by atoms with Crippen LogP contribution in [0.4, 0.5) is 0 Å². The standard InChI is InChI=1S/C18H23BN2O4S/c1-2-3-7-26(23,24)21-13-8-12(9-13)15-10-19(22)25-17-11-20-16-6-4-5-14(16)18(15)17/h4-5,10-13,21-22H,2-3,6-9H2,1H3. The summed E-state index contributed by atoms with van der Waals surface area (Å²) >= 11 is 0. The zero-order valence-electron chi connectivity index (χ0n) is 14.8. The Morgan fingerprint density at radius 3 is 3.00 bits per heavy atom. The van der Waals surface area contributed by atoms with E-state index < -0.39 is 17.1 Å². The zero-order valence-corrected chi connectivity index (χ0v) is 15.6. The molecule has 8 heteroatoms. The molecule has 1 saturated carbocycles. The highest BCUT2D eigenvalue weighted by atomic mass is 32.2. The number of sulfonamides is 1.